The Kier molecular flexibility index (Phi) is 5.57. The number of hydrogen-bond donors (Lipinski definition) is 1. The molecule has 118 valence electrons. The van der Waals surface area contributed by atoms with Gasteiger partial charge in [0, 0.05) is 31.6 Å². The van der Waals surface area contributed by atoms with E-state index >= 15 is 0 Å². The topological polar surface area (TPSA) is 41.1 Å². The van der Waals surface area contributed by atoms with Crippen LogP contribution in [0.4, 0.5) is 5.69 Å². The van der Waals surface area contributed by atoms with Crippen molar-refractivity contribution < 1.29 is 0 Å². The molecule has 1 aliphatic carbocycles. The van der Waals surface area contributed by atoms with Crippen molar-refractivity contribution in [3.05, 3.63) is 17.7 Å². The third-order valence-electron chi connectivity index (χ3n) is 4.26. The molecule has 1 aliphatic rings. The zero-order valence-corrected chi connectivity index (χ0v) is 14.2. The number of hydrogen-bond acceptors (Lipinski definition) is 4. The molecular weight excluding hydrogens is 260 g/mol. The predicted octanol–water partition coefficient (Wildman–Crippen LogP) is 3.48. The van der Waals surface area contributed by atoms with E-state index in [0.717, 1.165) is 18.1 Å². The van der Waals surface area contributed by atoms with E-state index in [9.17, 15) is 0 Å². The standard InChI is InChI=1S/C17H30N4/c1-6-7-13(4)21(5)16-11-19-17(12(2)3)20-15(16)10-18-14-8-9-14/h11-14,18H,6-10H2,1-5H3. The van der Waals surface area contributed by atoms with Gasteiger partial charge in [0.05, 0.1) is 17.6 Å². The lowest BCUT2D eigenvalue weighted by molar-refractivity contribution is 0.602. The second-order valence-corrected chi connectivity index (χ2v) is 6.62. The highest BCUT2D eigenvalue weighted by Crippen LogP contribution is 2.24. The van der Waals surface area contributed by atoms with Crippen molar-refractivity contribution in [2.45, 2.75) is 77.9 Å². The highest BCUT2D eigenvalue weighted by molar-refractivity contribution is 5.49. The number of nitrogens with zero attached hydrogens (tertiary/aromatic N) is 3. The van der Waals surface area contributed by atoms with Gasteiger partial charge in [-0.15, -0.1) is 0 Å². The fraction of sp³-hybridized carbons (Fsp3) is 0.765. The summed E-state index contributed by atoms with van der Waals surface area (Å²) in [4.78, 5) is 11.7. The largest absolute Gasteiger partial charge is 0.369 e. The maximum Gasteiger partial charge on any atom is 0.131 e. The van der Waals surface area contributed by atoms with E-state index in [-0.39, 0.29) is 0 Å². The molecule has 1 aromatic heterocycles. The van der Waals surface area contributed by atoms with Crippen LogP contribution in [0.25, 0.3) is 0 Å². The van der Waals surface area contributed by atoms with Crippen LogP contribution in [0.5, 0.6) is 0 Å². The number of nitrogens with one attached hydrogen (secondary N) is 1. The summed E-state index contributed by atoms with van der Waals surface area (Å²) in [5.41, 5.74) is 2.32. The lowest BCUT2D eigenvalue weighted by Gasteiger charge is -2.28. The van der Waals surface area contributed by atoms with Crippen molar-refractivity contribution in [2.24, 2.45) is 0 Å². The summed E-state index contributed by atoms with van der Waals surface area (Å²) in [6.45, 7) is 9.66. The minimum Gasteiger partial charge on any atom is -0.369 e. The predicted molar refractivity (Wildman–Crippen MR) is 88.8 cm³/mol. The molecule has 0 aliphatic heterocycles. The van der Waals surface area contributed by atoms with Gasteiger partial charge in [0.2, 0.25) is 0 Å². The average molecular weight is 290 g/mol. The van der Waals surface area contributed by atoms with Crippen molar-refractivity contribution in [2.75, 3.05) is 11.9 Å². The van der Waals surface area contributed by atoms with E-state index in [2.05, 4.69) is 49.9 Å². The number of rotatable bonds is 8. The Bertz CT molecular complexity index is 454. The fourth-order valence-corrected chi connectivity index (χ4v) is 2.51. The Labute approximate surface area is 129 Å². The van der Waals surface area contributed by atoms with E-state index in [1.807, 2.05) is 6.20 Å². The molecule has 1 unspecified atom stereocenters. The summed E-state index contributed by atoms with van der Waals surface area (Å²) in [5, 5.41) is 3.59. The van der Waals surface area contributed by atoms with Gasteiger partial charge in [0.25, 0.3) is 0 Å². The van der Waals surface area contributed by atoms with E-state index in [1.54, 1.807) is 0 Å². The van der Waals surface area contributed by atoms with E-state index in [0.29, 0.717) is 18.0 Å². The first-order valence-corrected chi connectivity index (χ1v) is 8.35. The van der Waals surface area contributed by atoms with Crippen LogP contribution in [0.1, 0.15) is 70.8 Å². The van der Waals surface area contributed by atoms with Crippen LogP contribution in [-0.4, -0.2) is 29.1 Å². The van der Waals surface area contributed by atoms with Gasteiger partial charge in [-0.3, -0.25) is 0 Å². The molecule has 4 nitrogen and oxygen atoms in total. The third kappa shape index (κ3) is 4.40. The van der Waals surface area contributed by atoms with Gasteiger partial charge < -0.3 is 10.2 Å². The molecule has 1 heterocycles. The van der Waals surface area contributed by atoms with Crippen LogP contribution in [0.3, 0.4) is 0 Å². The molecule has 0 spiro atoms. The molecule has 1 N–H and O–H groups in total. The lowest BCUT2D eigenvalue weighted by atomic mass is 10.1. The first-order valence-electron chi connectivity index (χ1n) is 8.35. The summed E-state index contributed by atoms with van der Waals surface area (Å²) in [7, 11) is 2.16. The summed E-state index contributed by atoms with van der Waals surface area (Å²) in [6.07, 6.45) is 7.02. The molecule has 1 fully saturated rings. The monoisotopic (exact) mass is 290 g/mol. The van der Waals surface area contributed by atoms with E-state index in [4.69, 9.17) is 4.98 Å². The summed E-state index contributed by atoms with van der Waals surface area (Å²) < 4.78 is 0. The molecule has 1 saturated carbocycles. The van der Waals surface area contributed by atoms with E-state index < -0.39 is 0 Å². The van der Waals surface area contributed by atoms with Crippen molar-refractivity contribution >= 4 is 5.69 Å². The third-order valence-corrected chi connectivity index (χ3v) is 4.26. The first-order chi connectivity index (χ1) is 10.0. The Hall–Kier alpha value is -1.16. The summed E-state index contributed by atoms with van der Waals surface area (Å²) >= 11 is 0. The maximum absolute atomic E-state index is 4.82. The Morgan fingerprint density at radius 3 is 2.62 bits per heavy atom. The zero-order chi connectivity index (χ0) is 15.4. The molecule has 0 radical (unpaired) electrons. The van der Waals surface area contributed by atoms with Crippen LogP contribution in [0, 0.1) is 0 Å². The Morgan fingerprint density at radius 2 is 2.05 bits per heavy atom. The molecular formula is C17H30N4. The Morgan fingerprint density at radius 1 is 1.33 bits per heavy atom. The van der Waals surface area contributed by atoms with Crippen molar-refractivity contribution in [3.8, 4) is 0 Å². The van der Waals surface area contributed by atoms with Crippen molar-refractivity contribution in [3.63, 3.8) is 0 Å². The highest BCUT2D eigenvalue weighted by Gasteiger charge is 2.22. The molecule has 4 heteroatoms. The molecule has 0 amide bonds. The molecule has 0 bridgehead atoms. The molecule has 1 atom stereocenters. The van der Waals surface area contributed by atoms with Crippen LogP contribution >= 0.6 is 0 Å². The molecule has 21 heavy (non-hydrogen) atoms. The Balaban J connectivity index is 2.19. The number of aromatic nitrogens is 2. The second-order valence-electron chi connectivity index (χ2n) is 6.62. The fourth-order valence-electron chi connectivity index (χ4n) is 2.51. The van der Waals surface area contributed by atoms with Crippen LogP contribution < -0.4 is 10.2 Å². The van der Waals surface area contributed by atoms with Crippen LogP contribution in [0.2, 0.25) is 0 Å². The van der Waals surface area contributed by atoms with Gasteiger partial charge in [0.1, 0.15) is 5.82 Å². The van der Waals surface area contributed by atoms with Gasteiger partial charge in [-0.1, -0.05) is 27.2 Å². The second kappa shape index (κ2) is 7.21. The minimum atomic E-state index is 0.372. The first kappa shape index (κ1) is 16.2. The average Bonchev–Trinajstić information content (AvgIpc) is 3.28. The summed E-state index contributed by atoms with van der Waals surface area (Å²) in [5.74, 6) is 1.32. The lowest BCUT2D eigenvalue weighted by Crippen LogP contribution is -2.31. The van der Waals surface area contributed by atoms with Crippen LogP contribution in [-0.2, 0) is 6.54 Å². The van der Waals surface area contributed by atoms with Crippen molar-refractivity contribution in [1.29, 1.82) is 0 Å². The zero-order valence-electron chi connectivity index (χ0n) is 14.2. The number of anilines is 1. The summed E-state index contributed by atoms with van der Waals surface area (Å²) in [6, 6.07) is 1.22. The minimum absolute atomic E-state index is 0.372. The van der Waals surface area contributed by atoms with Crippen LogP contribution in [0.15, 0.2) is 6.20 Å². The van der Waals surface area contributed by atoms with Crippen molar-refractivity contribution in [1.82, 2.24) is 15.3 Å². The van der Waals surface area contributed by atoms with Gasteiger partial charge in [-0.25, -0.2) is 9.97 Å². The maximum atomic E-state index is 4.82. The molecule has 2 rings (SSSR count). The molecule has 0 saturated heterocycles. The quantitative estimate of drug-likeness (QED) is 0.796. The normalized spacial score (nSPS) is 16.3. The molecule has 1 aromatic rings. The van der Waals surface area contributed by atoms with E-state index in [1.165, 1.54) is 31.4 Å². The van der Waals surface area contributed by atoms with Gasteiger partial charge in [-0.2, -0.15) is 0 Å². The van der Waals surface area contributed by atoms with Gasteiger partial charge >= 0.3 is 0 Å². The van der Waals surface area contributed by atoms with Gasteiger partial charge in [0.15, 0.2) is 0 Å². The highest BCUT2D eigenvalue weighted by atomic mass is 15.2. The van der Waals surface area contributed by atoms with Gasteiger partial charge in [-0.05, 0) is 26.2 Å². The SMILES string of the molecule is CCCC(C)N(C)c1cnc(C(C)C)nc1CNC1CC1. The smallest absolute Gasteiger partial charge is 0.131 e. The molecule has 0 aromatic carbocycles.